The van der Waals surface area contributed by atoms with Crippen molar-refractivity contribution in [2.24, 2.45) is 7.05 Å². The maximum Gasteiger partial charge on any atom is 0.279 e. The van der Waals surface area contributed by atoms with Gasteiger partial charge in [-0.2, -0.15) is 4.98 Å². The van der Waals surface area contributed by atoms with Crippen LogP contribution in [0.2, 0.25) is 0 Å². The normalized spacial score (nSPS) is 15.8. The van der Waals surface area contributed by atoms with Crippen LogP contribution >= 0.6 is 11.8 Å². The number of fused-ring (bicyclic) bond motifs is 1. The van der Waals surface area contributed by atoms with Crippen molar-refractivity contribution in [1.82, 2.24) is 9.55 Å². The van der Waals surface area contributed by atoms with Crippen LogP contribution in [0, 0.1) is 6.92 Å². The van der Waals surface area contributed by atoms with Crippen LogP contribution in [0.25, 0.3) is 0 Å². The van der Waals surface area contributed by atoms with Gasteiger partial charge in [-0.15, -0.1) is 0 Å². The van der Waals surface area contributed by atoms with E-state index in [4.69, 9.17) is 0 Å². The minimum atomic E-state index is -0.274. The molecule has 1 aliphatic heterocycles. The van der Waals surface area contributed by atoms with Crippen molar-refractivity contribution >= 4 is 23.5 Å². The molecule has 1 amide bonds. The first kappa shape index (κ1) is 18.5. The van der Waals surface area contributed by atoms with E-state index in [9.17, 15) is 9.59 Å². The number of rotatable bonds is 4. The summed E-state index contributed by atoms with van der Waals surface area (Å²) in [5.74, 6) is 0.903. The summed E-state index contributed by atoms with van der Waals surface area (Å²) in [5, 5.41) is 3.49. The fourth-order valence-corrected chi connectivity index (χ4v) is 4.55. The number of aromatic nitrogens is 2. The summed E-state index contributed by atoms with van der Waals surface area (Å²) in [6.45, 7) is 2.00. The third-order valence-electron chi connectivity index (χ3n) is 5.08. The highest BCUT2D eigenvalue weighted by Crippen LogP contribution is 2.37. The number of hydrogen-bond acceptors (Lipinski definition) is 4. The molecule has 6 heteroatoms. The van der Waals surface area contributed by atoms with Gasteiger partial charge in [-0.05, 0) is 23.6 Å². The molecular weight excluding hydrogens is 370 g/mol. The number of nitrogens with zero attached hydrogens (tertiary/aromatic N) is 2. The van der Waals surface area contributed by atoms with Gasteiger partial charge in [0, 0.05) is 25.1 Å². The molecule has 1 atom stereocenters. The molecule has 3 aromatic rings. The summed E-state index contributed by atoms with van der Waals surface area (Å²) >= 11 is 1.49. The van der Waals surface area contributed by atoms with Gasteiger partial charge in [0.15, 0.2) is 5.16 Å². The lowest BCUT2D eigenvalue weighted by Gasteiger charge is -2.28. The quantitative estimate of drug-likeness (QED) is 0.542. The molecule has 0 fully saturated rings. The Kier molecular flexibility index (Phi) is 5.05. The Labute approximate surface area is 167 Å². The summed E-state index contributed by atoms with van der Waals surface area (Å²) in [6, 6.07) is 17.9. The smallest absolute Gasteiger partial charge is 0.279 e. The van der Waals surface area contributed by atoms with Gasteiger partial charge in [0.2, 0.25) is 5.91 Å². The van der Waals surface area contributed by atoms with Crippen LogP contribution in [0.3, 0.4) is 0 Å². The van der Waals surface area contributed by atoms with E-state index in [1.807, 2.05) is 73.1 Å². The van der Waals surface area contributed by atoms with E-state index < -0.39 is 0 Å². The molecule has 1 aliphatic rings. The first-order chi connectivity index (χ1) is 13.5. The number of anilines is 1. The molecule has 142 valence electrons. The first-order valence-corrected chi connectivity index (χ1v) is 10.2. The number of aryl methyl sites for hydroxylation is 1. The highest BCUT2D eigenvalue weighted by molar-refractivity contribution is 7.98. The van der Waals surface area contributed by atoms with Crippen molar-refractivity contribution in [1.29, 1.82) is 0 Å². The van der Waals surface area contributed by atoms with E-state index >= 15 is 0 Å². The zero-order chi connectivity index (χ0) is 19.7. The number of carbonyl (C=O) groups is 1. The maximum absolute atomic E-state index is 13.0. The molecule has 28 heavy (non-hydrogen) atoms. The lowest BCUT2D eigenvalue weighted by Crippen LogP contribution is -2.33. The van der Waals surface area contributed by atoms with Crippen molar-refractivity contribution in [3.8, 4) is 0 Å². The molecule has 0 saturated carbocycles. The van der Waals surface area contributed by atoms with Crippen LogP contribution < -0.4 is 10.9 Å². The Bertz CT molecular complexity index is 1090. The average Bonchev–Trinajstić information content (AvgIpc) is 2.70. The molecule has 0 radical (unpaired) electrons. The topological polar surface area (TPSA) is 64.0 Å². The van der Waals surface area contributed by atoms with E-state index in [-0.39, 0.29) is 23.8 Å². The minimum Gasteiger partial charge on any atom is -0.312 e. The largest absolute Gasteiger partial charge is 0.312 e. The van der Waals surface area contributed by atoms with Gasteiger partial charge in [-0.1, -0.05) is 66.4 Å². The van der Waals surface area contributed by atoms with Gasteiger partial charge >= 0.3 is 0 Å². The predicted octanol–water partition coefficient (Wildman–Crippen LogP) is 3.86. The molecule has 0 bridgehead atoms. The summed E-state index contributed by atoms with van der Waals surface area (Å²) < 4.78 is 1.83. The molecule has 1 unspecified atom stereocenters. The van der Waals surface area contributed by atoms with Crippen molar-refractivity contribution in [3.05, 3.63) is 87.2 Å². The first-order valence-electron chi connectivity index (χ1n) is 9.17. The molecule has 0 saturated heterocycles. The number of benzene rings is 2. The standard InChI is InChI=1S/C22H21N3O2S/c1-14-8-6-7-11-16(14)17-12-18(26)23-20-19(17)21(27)24-22(25(20)2)28-13-15-9-4-3-5-10-15/h3-11,17H,12-13H2,1-2H3,(H,23,26). The molecular formula is C22H21N3O2S. The summed E-state index contributed by atoms with van der Waals surface area (Å²) in [4.78, 5) is 29.7. The highest BCUT2D eigenvalue weighted by atomic mass is 32.2. The Morgan fingerprint density at radius 2 is 1.82 bits per heavy atom. The fraction of sp³-hybridized carbons (Fsp3) is 0.227. The summed E-state index contributed by atoms with van der Waals surface area (Å²) in [5.41, 5.74) is 3.53. The highest BCUT2D eigenvalue weighted by Gasteiger charge is 2.32. The monoisotopic (exact) mass is 391 g/mol. The van der Waals surface area contributed by atoms with Crippen LogP contribution in [-0.4, -0.2) is 15.5 Å². The second kappa shape index (κ2) is 7.64. The van der Waals surface area contributed by atoms with Crippen molar-refractivity contribution in [3.63, 3.8) is 0 Å². The fourth-order valence-electron chi connectivity index (χ4n) is 3.63. The van der Waals surface area contributed by atoms with Crippen LogP contribution in [0.1, 0.15) is 34.6 Å². The SMILES string of the molecule is Cc1ccccc1C1CC(=O)Nc2c1c(=O)nc(SCc1ccccc1)n2C. The molecule has 2 heterocycles. The number of carbonyl (C=O) groups excluding carboxylic acids is 1. The molecule has 5 nitrogen and oxygen atoms in total. The number of nitrogens with one attached hydrogen (secondary N) is 1. The van der Waals surface area contributed by atoms with Crippen molar-refractivity contribution < 1.29 is 4.79 Å². The Balaban J connectivity index is 1.75. The van der Waals surface area contributed by atoms with E-state index in [2.05, 4.69) is 10.3 Å². The zero-order valence-electron chi connectivity index (χ0n) is 15.8. The number of hydrogen-bond donors (Lipinski definition) is 1. The van der Waals surface area contributed by atoms with Crippen molar-refractivity contribution in [2.75, 3.05) is 5.32 Å². The lowest BCUT2D eigenvalue weighted by molar-refractivity contribution is -0.116. The van der Waals surface area contributed by atoms with Crippen LogP contribution in [0.15, 0.2) is 64.5 Å². The van der Waals surface area contributed by atoms with E-state index in [1.165, 1.54) is 11.8 Å². The van der Waals surface area contributed by atoms with Gasteiger partial charge in [-0.3, -0.25) is 9.59 Å². The van der Waals surface area contributed by atoms with Crippen molar-refractivity contribution in [2.45, 2.75) is 30.2 Å². The second-order valence-corrected chi connectivity index (χ2v) is 7.90. The zero-order valence-corrected chi connectivity index (χ0v) is 16.6. The van der Waals surface area contributed by atoms with Gasteiger partial charge in [-0.25, -0.2) is 0 Å². The Hall–Kier alpha value is -2.86. The predicted molar refractivity (Wildman–Crippen MR) is 112 cm³/mol. The molecule has 0 aliphatic carbocycles. The van der Waals surface area contributed by atoms with E-state index in [0.717, 1.165) is 16.7 Å². The maximum atomic E-state index is 13.0. The van der Waals surface area contributed by atoms with Gasteiger partial charge in [0.1, 0.15) is 5.82 Å². The molecule has 1 aromatic heterocycles. The number of amides is 1. The number of thioether (sulfide) groups is 1. The summed E-state index contributed by atoms with van der Waals surface area (Å²) in [6.07, 6.45) is 0.255. The average molecular weight is 391 g/mol. The Morgan fingerprint density at radius 1 is 1.11 bits per heavy atom. The van der Waals surface area contributed by atoms with Crippen LogP contribution in [0.5, 0.6) is 0 Å². The van der Waals surface area contributed by atoms with Gasteiger partial charge in [0.25, 0.3) is 5.56 Å². The molecule has 0 spiro atoms. The lowest BCUT2D eigenvalue weighted by atomic mass is 9.84. The van der Waals surface area contributed by atoms with Gasteiger partial charge < -0.3 is 9.88 Å². The summed E-state index contributed by atoms with van der Waals surface area (Å²) in [7, 11) is 1.85. The third kappa shape index (κ3) is 3.47. The third-order valence-corrected chi connectivity index (χ3v) is 6.18. The van der Waals surface area contributed by atoms with Crippen LogP contribution in [-0.2, 0) is 17.6 Å². The molecule has 1 N–H and O–H groups in total. The molecule has 2 aromatic carbocycles. The van der Waals surface area contributed by atoms with E-state index in [0.29, 0.717) is 22.3 Å². The second-order valence-electron chi connectivity index (χ2n) is 6.96. The minimum absolute atomic E-state index is 0.0824. The van der Waals surface area contributed by atoms with Gasteiger partial charge in [0.05, 0.1) is 5.56 Å². The van der Waals surface area contributed by atoms with Crippen LogP contribution in [0.4, 0.5) is 5.82 Å². The van der Waals surface area contributed by atoms with E-state index in [1.54, 1.807) is 0 Å². The Morgan fingerprint density at radius 3 is 2.57 bits per heavy atom. The molecule has 4 rings (SSSR count).